The first-order chi connectivity index (χ1) is 5.63. The van der Waals surface area contributed by atoms with E-state index in [1.54, 1.807) is 14.0 Å². The summed E-state index contributed by atoms with van der Waals surface area (Å²) in [6.07, 6.45) is -2.58. The first kappa shape index (κ1) is 11.4. The van der Waals surface area contributed by atoms with Crippen molar-refractivity contribution in [1.29, 1.82) is 0 Å². The average molecular weight is 177 g/mol. The fourth-order valence-electron chi connectivity index (χ4n) is 0.705. The quantitative estimate of drug-likeness (QED) is 0.445. The fourth-order valence-corrected chi connectivity index (χ4v) is 0.705. The first-order valence-corrected chi connectivity index (χ1v) is 3.80. The number of carbonyl (C=O) groups is 1. The Morgan fingerprint density at radius 3 is 2.58 bits per heavy atom. The zero-order chi connectivity index (χ0) is 9.56. The van der Waals surface area contributed by atoms with Crippen LogP contribution in [-0.4, -0.2) is 48.6 Å². The van der Waals surface area contributed by atoms with E-state index in [2.05, 4.69) is 10.1 Å². The Morgan fingerprint density at radius 2 is 2.17 bits per heavy atom. The number of hydrogen-bond donors (Lipinski definition) is 3. The number of rotatable bonds is 5. The normalized spacial score (nSPS) is 15.3. The Hall–Kier alpha value is -0.650. The monoisotopic (exact) mass is 177 g/mol. The van der Waals surface area contributed by atoms with Gasteiger partial charge in [-0.25, -0.2) is 4.79 Å². The largest absolute Gasteiger partial charge is 0.464 e. The van der Waals surface area contributed by atoms with E-state index in [-0.39, 0.29) is 13.2 Å². The number of aliphatic hydroxyl groups is 2. The molecule has 72 valence electrons. The van der Waals surface area contributed by atoms with E-state index in [9.17, 15) is 4.79 Å². The van der Waals surface area contributed by atoms with E-state index >= 15 is 0 Å². The van der Waals surface area contributed by atoms with Gasteiger partial charge in [-0.3, -0.25) is 0 Å². The molecule has 2 unspecified atom stereocenters. The number of carbonyl (C=O) groups excluding carboxylic acids is 1. The van der Waals surface area contributed by atoms with Gasteiger partial charge in [0, 0.05) is 6.54 Å². The lowest BCUT2D eigenvalue weighted by molar-refractivity contribution is -0.158. The predicted octanol–water partition coefficient (Wildman–Crippen LogP) is -1.51. The molecule has 3 N–H and O–H groups in total. The molecule has 0 bridgehead atoms. The van der Waals surface area contributed by atoms with Gasteiger partial charge in [0.2, 0.25) is 0 Å². The number of hydrogen-bond acceptors (Lipinski definition) is 5. The van der Waals surface area contributed by atoms with Crippen LogP contribution in [0.4, 0.5) is 0 Å². The van der Waals surface area contributed by atoms with Gasteiger partial charge in [-0.15, -0.1) is 0 Å². The maximum Gasteiger partial charge on any atom is 0.337 e. The van der Waals surface area contributed by atoms with Crippen LogP contribution in [0.2, 0.25) is 0 Å². The zero-order valence-corrected chi connectivity index (χ0v) is 7.28. The van der Waals surface area contributed by atoms with Crippen molar-refractivity contribution in [2.24, 2.45) is 0 Å². The molecule has 0 amide bonds. The minimum atomic E-state index is -1.46. The molecule has 0 aromatic rings. The molecule has 0 aromatic carbocycles. The van der Waals surface area contributed by atoms with Crippen LogP contribution in [0.3, 0.4) is 0 Å². The average Bonchev–Trinajstić information content (AvgIpc) is 2.04. The molecule has 0 aliphatic rings. The molecule has 0 aliphatic heterocycles. The Morgan fingerprint density at radius 1 is 1.58 bits per heavy atom. The van der Waals surface area contributed by atoms with Gasteiger partial charge in [-0.2, -0.15) is 0 Å². The van der Waals surface area contributed by atoms with Crippen LogP contribution in [0.15, 0.2) is 0 Å². The third kappa shape index (κ3) is 3.66. The summed E-state index contributed by atoms with van der Waals surface area (Å²) in [7, 11) is 1.61. The van der Waals surface area contributed by atoms with Gasteiger partial charge >= 0.3 is 5.97 Å². The fraction of sp³-hybridized carbons (Fsp3) is 0.857. The highest BCUT2D eigenvalue weighted by Gasteiger charge is 2.24. The Labute approximate surface area is 71.3 Å². The van der Waals surface area contributed by atoms with Gasteiger partial charge in [-0.05, 0) is 14.0 Å². The summed E-state index contributed by atoms with van der Waals surface area (Å²) >= 11 is 0. The Balaban J connectivity index is 3.82. The molecule has 12 heavy (non-hydrogen) atoms. The highest BCUT2D eigenvalue weighted by Crippen LogP contribution is 1.95. The summed E-state index contributed by atoms with van der Waals surface area (Å²) in [5.41, 5.74) is 0. The molecule has 0 heterocycles. The standard InChI is InChI=1S/C7H15NO4/c1-3-12-7(11)6(10)5(9)4-8-2/h5-6,8-10H,3-4H2,1-2H3. The lowest BCUT2D eigenvalue weighted by atomic mass is 10.2. The van der Waals surface area contributed by atoms with Crippen molar-refractivity contribution >= 4 is 5.97 Å². The molecule has 0 rings (SSSR count). The summed E-state index contributed by atoms with van der Waals surface area (Å²) in [6.45, 7) is 1.98. The third-order valence-corrected chi connectivity index (χ3v) is 1.31. The highest BCUT2D eigenvalue weighted by atomic mass is 16.5. The number of aliphatic hydroxyl groups excluding tert-OH is 2. The van der Waals surface area contributed by atoms with Gasteiger partial charge in [0.15, 0.2) is 6.10 Å². The predicted molar refractivity (Wildman–Crippen MR) is 42.6 cm³/mol. The second kappa shape index (κ2) is 5.93. The van der Waals surface area contributed by atoms with Gasteiger partial charge < -0.3 is 20.3 Å². The van der Waals surface area contributed by atoms with Gasteiger partial charge in [0.05, 0.1) is 6.61 Å². The van der Waals surface area contributed by atoms with Gasteiger partial charge in [-0.1, -0.05) is 0 Å². The van der Waals surface area contributed by atoms with Crippen molar-refractivity contribution in [1.82, 2.24) is 5.32 Å². The van der Waals surface area contributed by atoms with Crippen LogP contribution in [0.25, 0.3) is 0 Å². The minimum Gasteiger partial charge on any atom is -0.464 e. The van der Waals surface area contributed by atoms with Crippen molar-refractivity contribution in [2.45, 2.75) is 19.1 Å². The van der Waals surface area contributed by atoms with Crippen molar-refractivity contribution in [3.05, 3.63) is 0 Å². The molecule has 0 spiro atoms. The van der Waals surface area contributed by atoms with Gasteiger partial charge in [0.25, 0.3) is 0 Å². The molecule has 5 nitrogen and oxygen atoms in total. The summed E-state index contributed by atoms with van der Waals surface area (Å²) in [5, 5.41) is 20.8. The smallest absolute Gasteiger partial charge is 0.337 e. The number of ether oxygens (including phenoxy) is 1. The molecular formula is C7H15NO4. The molecule has 0 fully saturated rings. The number of nitrogens with one attached hydrogen (secondary N) is 1. The van der Waals surface area contributed by atoms with Crippen molar-refractivity contribution in [2.75, 3.05) is 20.2 Å². The molecule has 2 atom stereocenters. The summed E-state index contributed by atoms with van der Waals surface area (Å²) in [6, 6.07) is 0. The van der Waals surface area contributed by atoms with E-state index in [0.717, 1.165) is 0 Å². The molecular weight excluding hydrogens is 162 g/mol. The van der Waals surface area contributed by atoms with E-state index < -0.39 is 18.2 Å². The van der Waals surface area contributed by atoms with Crippen LogP contribution < -0.4 is 5.32 Å². The molecule has 0 radical (unpaired) electrons. The zero-order valence-electron chi connectivity index (χ0n) is 7.28. The first-order valence-electron chi connectivity index (χ1n) is 3.80. The van der Waals surface area contributed by atoms with Crippen LogP contribution in [-0.2, 0) is 9.53 Å². The summed E-state index contributed by atoms with van der Waals surface area (Å²) in [4.78, 5) is 10.8. The van der Waals surface area contributed by atoms with Crippen LogP contribution >= 0.6 is 0 Å². The summed E-state index contributed by atoms with van der Waals surface area (Å²) in [5.74, 6) is -0.791. The minimum absolute atomic E-state index is 0.153. The number of esters is 1. The van der Waals surface area contributed by atoms with E-state index in [1.807, 2.05) is 0 Å². The molecule has 0 saturated carbocycles. The van der Waals surface area contributed by atoms with Crippen molar-refractivity contribution in [3.8, 4) is 0 Å². The topological polar surface area (TPSA) is 78.8 Å². The second-order valence-electron chi connectivity index (χ2n) is 2.32. The lowest BCUT2D eigenvalue weighted by Crippen LogP contribution is -2.41. The molecule has 5 heteroatoms. The maximum absolute atomic E-state index is 10.8. The maximum atomic E-state index is 10.8. The van der Waals surface area contributed by atoms with Crippen LogP contribution in [0.1, 0.15) is 6.92 Å². The SMILES string of the molecule is CCOC(=O)C(O)C(O)CNC. The molecule has 0 aromatic heterocycles. The van der Waals surface area contributed by atoms with E-state index in [1.165, 1.54) is 0 Å². The Kier molecular flexibility index (Phi) is 5.61. The summed E-state index contributed by atoms with van der Waals surface area (Å²) < 4.78 is 4.49. The second-order valence-corrected chi connectivity index (χ2v) is 2.32. The van der Waals surface area contributed by atoms with Crippen molar-refractivity contribution in [3.63, 3.8) is 0 Å². The van der Waals surface area contributed by atoms with Crippen LogP contribution in [0, 0.1) is 0 Å². The van der Waals surface area contributed by atoms with Gasteiger partial charge in [0.1, 0.15) is 6.10 Å². The molecule has 0 aliphatic carbocycles. The van der Waals surface area contributed by atoms with Crippen LogP contribution in [0.5, 0.6) is 0 Å². The van der Waals surface area contributed by atoms with E-state index in [4.69, 9.17) is 10.2 Å². The van der Waals surface area contributed by atoms with Crippen molar-refractivity contribution < 1.29 is 19.7 Å². The highest BCUT2D eigenvalue weighted by molar-refractivity contribution is 5.75. The molecule has 0 saturated heterocycles. The third-order valence-electron chi connectivity index (χ3n) is 1.31. The number of likely N-dealkylation sites (N-methyl/N-ethyl adjacent to an activating group) is 1. The lowest BCUT2D eigenvalue weighted by Gasteiger charge is -2.15. The Bertz CT molecular complexity index is 139. The van der Waals surface area contributed by atoms with E-state index in [0.29, 0.717) is 0 Å².